The van der Waals surface area contributed by atoms with Crippen LogP contribution >= 0.6 is 0 Å². The van der Waals surface area contributed by atoms with Gasteiger partial charge in [-0.25, -0.2) is 13.2 Å². The summed E-state index contributed by atoms with van der Waals surface area (Å²) in [5.74, 6) is 0.514. The van der Waals surface area contributed by atoms with Crippen LogP contribution in [0.2, 0.25) is 0 Å². The van der Waals surface area contributed by atoms with E-state index in [-0.39, 0.29) is 17.0 Å². The molecule has 0 radical (unpaired) electrons. The third-order valence-electron chi connectivity index (χ3n) is 5.28. The van der Waals surface area contributed by atoms with Crippen molar-refractivity contribution in [1.29, 1.82) is 0 Å². The van der Waals surface area contributed by atoms with Crippen molar-refractivity contribution in [3.8, 4) is 5.75 Å². The lowest BCUT2D eigenvalue weighted by molar-refractivity contribution is 0.290. The number of ether oxygens (including phenoxy) is 1. The minimum atomic E-state index is -4.04. The highest BCUT2D eigenvalue weighted by Gasteiger charge is 2.34. The largest absolute Gasteiger partial charge is 0.497 e. The van der Waals surface area contributed by atoms with Crippen molar-refractivity contribution in [2.45, 2.75) is 30.8 Å². The minimum Gasteiger partial charge on any atom is -0.497 e. The Hall–Kier alpha value is -3.56. The Bertz CT molecular complexity index is 1420. The van der Waals surface area contributed by atoms with Crippen molar-refractivity contribution in [2.24, 2.45) is 0 Å². The summed E-state index contributed by atoms with van der Waals surface area (Å²) in [5, 5.41) is 0. The third-order valence-corrected chi connectivity index (χ3v) is 7.13. The van der Waals surface area contributed by atoms with Gasteiger partial charge in [-0.2, -0.15) is 4.31 Å². The Labute approximate surface area is 191 Å². The number of hydrogen-bond donors (Lipinski definition) is 1. The highest BCUT2D eigenvalue weighted by Crippen LogP contribution is 2.35. The van der Waals surface area contributed by atoms with Crippen molar-refractivity contribution in [3.05, 3.63) is 94.9 Å². The molecule has 172 valence electrons. The van der Waals surface area contributed by atoms with Crippen LogP contribution in [0.4, 0.5) is 0 Å². The van der Waals surface area contributed by atoms with E-state index in [2.05, 4.69) is 11.6 Å². The molecule has 4 aromatic rings. The Morgan fingerprint density at radius 1 is 1.18 bits per heavy atom. The second-order valence-electron chi connectivity index (χ2n) is 7.75. The molecule has 0 saturated heterocycles. The van der Waals surface area contributed by atoms with Crippen LogP contribution in [-0.2, 0) is 16.6 Å². The first kappa shape index (κ1) is 22.6. The maximum atomic E-state index is 13.9. The quantitative estimate of drug-likeness (QED) is 0.359. The van der Waals surface area contributed by atoms with Crippen LogP contribution < -0.4 is 10.5 Å². The molecule has 0 amide bonds. The van der Waals surface area contributed by atoms with E-state index in [9.17, 15) is 13.2 Å². The molecule has 0 spiro atoms. The molecule has 1 N–H and O–H groups in total. The highest BCUT2D eigenvalue weighted by atomic mass is 32.2. The fraction of sp³-hybridized carbons (Fsp3) is 0.208. The molecule has 0 aliphatic rings. The van der Waals surface area contributed by atoms with E-state index in [1.165, 1.54) is 28.8 Å². The van der Waals surface area contributed by atoms with E-state index in [0.717, 1.165) is 11.1 Å². The summed E-state index contributed by atoms with van der Waals surface area (Å²) in [6, 6.07) is 14.4. The topological polar surface area (TPSA) is 106 Å². The smallest absolute Gasteiger partial charge is 0.417 e. The van der Waals surface area contributed by atoms with Crippen LogP contribution in [0.25, 0.3) is 11.1 Å². The molecule has 4 rings (SSSR count). The third kappa shape index (κ3) is 4.79. The van der Waals surface area contributed by atoms with Crippen LogP contribution in [0.1, 0.15) is 30.7 Å². The number of oxazole rings is 1. The van der Waals surface area contributed by atoms with Crippen molar-refractivity contribution in [2.75, 3.05) is 7.11 Å². The van der Waals surface area contributed by atoms with E-state index < -0.39 is 21.8 Å². The monoisotopic (exact) mass is 468 g/mol. The molecule has 0 fully saturated rings. The zero-order valence-electron chi connectivity index (χ0n) is 18.3. The zero-order chi connectivity index (χ0) is 23.6. The Kier molecular flexibility index (Phi) is 6.26. The van der Waals surface area contributed by atoms with Crippen molar-refractivity contribution in [3.63, 3.8) is 0 Å². The molecule has 8 nitrogen and oxygen atoms in total. The summed E-state index contributed by atoms with van der Waals surface area (Å²) in [5.41, 5.74) is 2.19. The summed E-state index contributed by atoms with van der Waals surface area (Å²) < 4.78 is 45.1. The van der Waals surface area contributed by atoms with Gasteiger partial charge in [-0.3, -0.25) is 4.98 Å². The van der Waals surface area contributed by atoms with Gasteiger partial charge in [-0.05, 0) is 55.3 Å². The van der Waals surface area contributed by atoms with E-state index in [1.807, 2.05) is 19.1 Å². The maximum absolute atomic E-state index is 13.9. The van der Waals surface area contributed by atoms with E-state index in [1.54, 1.807) is 31.4 Å². The van der Waals surface area contributed by atoms with Gasteiger partial charge in [-0.1, -0.05) is 17.7 Å². The summed E-state index contributed by atoms with van der Waals surface area (Å²) in [4.78, 5) is 14.1. The SMILES string of the molecule is C=C(C)CC(c1ccc(OC)cc1)N(Cc1ccco1)S(=O)(=O)c1ccc2[nH]c(=O)oc2c1. The van der Waals surface area contributed by atoms with E-state index >= 15 is 0 Å². The van der Waals surface area contributed by atoms with Crippen LogP contribution in [0.3, 0.4) is 0 Å². The van der Waals surface area contributed by atoms with Gasteiger partial charge in [0, 0.05) is 6.07 Å². The van der Waals surface area contributed by atoms with Gasteiger partial charge in [0.25, 0.3) is 0 Å². The number of methoxy groups -OCH3 is 1. The highest BCUT2D eigenvalue weighted by molar-refractivity contribution is 7.89. The first-order valence-corrected chi connectivity index (χ1v) is 11.7. The first-order valence-electron chi connectivity index (χ1n) is 10.2. The molecular formula is C24H24N2O6S. The van der Waals surface area contributed by atoms with Crippen molar-refractivity contribution >= 4 is 21.1 Å². The average molecular weight is 469 g/mol. The van der Waals surface area contributed by atoms with Crippen LogP contribution in [0.15, 0.2) is 91.5 Å². The minimum absolute atomic E-state index is 0.00420. The molecule has 0 aliphatic heterocycles. The number of aromatic nitrogens is 1. The van der Waals surface area contributed by atoms with Gasteiger partial charge in [0.1, 0.15) is 11.5 Å². The molecule has 2 aromatic carbocycles. The standard InChI is InChI=1S/C24H24N2O6S/c1-16(2)13-22(17-6-8-18(30-3)9-7-17)26(15-19-5-4-12-31-19)33(28,29)20-10-11-21-23(14-20)32-24(27)25-21/h4-12,14,22H,1,13,15H2,2-3H3,(H,25,27). The number of furan rings is 1. The fourth-order valence-electron chi connectivity index (χ4n) is 3.68. The van der Waals surface area contributed by atoms with Gasteiger partial charge in [-0.15, -0.1) is 6.58 Å². The number of rotatable bonds is 9. The van der Waals surface area contributed by atoms with Gasteiger partial charge < -0.3 is 13.6 Å². The Morgan fingerprint density at radius 3 is 2.58 bits per heavy atom. The van der Waals surface area contributed by atoms with Crippen LogP contribution in [0.5, 0.6) is 5.75 Å². The molecular weight excluding hydrogens is 444 g/mol. The van der Waals surface area contributed by atoms with Crippen LogP contribution in [0, 0.1) is 0 Å². The van der Waals surface area contributed by atoms with Gasteiger partial charge in [0.15, 0.2) is 5.58 Å². The second kappa shape index (κ2) is 9.13. The molecule has 2 heterocycles. The molecule has 1 atom stereocenters. The lowest BCUT2D eigenvalue weighted by Gasteiger charge is -2.31. The number of aromatic amines is 1. The Balaban J connectivity index is 1.84. The summed E-state index contributed by atoms with van der Waals surface area (Å²) in [6.07, 6.45) is 1.90. The molecule has 0 bridgehead atoms. The average Bonchev–Trinajstić information content (AvgIpc) is 3.43. The van der Waals surface area contributed by atoms with Crippen molar-refractivity contribution in [1.82, 2.24) is 9.29 Å². The lowest BCUT2D eigenvalue weighted by atomic mass is 10.00. The van der Waals surface area contributed by atoms with Crippen LogP contribution in [-0.4, -0.2) is 24.8 Å². The Morgan fingerprint density at radius 2 is 1.94 bits per heavy atom. The molecule has 9 heteroatoms. The molecule has 33 heavy (non-hydrogen) atoms. The number of nitrogens with one attached hydrogen (secondary N) is 1. The number of hydrogen-bond acceptors (Lipinski definition) is 6. The molecule has 0 aliphatic carbocycles. The molecule has 0 saturated carbocycles. The van der Waals surface area contributed by atoms with E-state index in [4.69, 9.17) is 13.6 Å². The van der Waals surface area contributed by atoms with E-state index in [0.29, 0.717) is 23.4 Å². The number of sulfonamides is 1. The number of nitrogens with zero attached hydrogens (tertiary/aromatic N) is 1. The predicted octanol–water partition coefficient (Wildman–Crippen LogP) is 4.62. The summed E-state index contributed by atoms with van der Waals surface area (Å²) >= 11 is 0. The second-order valence-corrected chi connectivity index (χ2v) is 9.64. The number of benzene rings is 2. The summed E-state index contributed by atoms with van der Waals surface area (Å²) in [7, 11) is -2.47. The normalized spacial score (nSPS) is 12.8. The number of H-pyrrole nitrogens is 1. The molecule has 1 unspecified atom stereocenters. The number of fused-ring (bicyclic) bond motifs is 1. The van der Waals surface area contributed by atoms with Gasteiger partial charge in [0.2, 0.25) is 10.0 Å². The van der Waals surface area contributed by atoms with Gasteiger partial charge in [0.05, 0.1) is 36.4 Å². The lowest BCUT2D eigenvalue weighted by Crippen LogP contribution is -2.34. The van der Waals surface area contributed by atoms with Crippen molar-refractivity contribution < 1.29 is 22.0 Å². The predicted molar refractivity (Wildman–Crippen MR) is 123 cm³/mol. The molecule has 2 aromatic heterocycles. The fourth-order valence-corrected chi connectivity index (χ4v) is 5.28. The van der Waals surface area contributed by atoms with Gasteiger partial charge >= 0.3 is 5.76 Å². The maximum Gasteiger partial charge on any atom is 0.417 e. The first-order chi connectivity index (χ1) is 15.8. The summed E-state index contributed by atoms with van der Waals surface area (Å²) in [6.45, 7) is 5.87. The zero-order valence-corrected chi connectivity index (χ0v) is 19.1.